The molecule has 0 radical (unpaired) electrons. The Morgan fingerprint density at radius 1 is 1.12 bits per heavy atom. The average Bonchev–Trinajstić information content (AvgIpc) is 3.17. The molecule has 3 aliphatic rings. The molecule has 1 aliphatic heterocycles. The van der Waals surface area contributed by atoms with Gasteiger partial charge in [0.05, 0.1) is 6.54 Å². The summed E-state index contributed by atoms with van der Waals surface area (Å²) in [6.07, 6.45) is 4.62. The third kappa shape index (κ3) is 5.01. The molecule has 3 atom stereocenters. The molecule has 0 aromatic carbocycles. The highest BCUT2D eigenvalue weighted by atomic mass is 19.4. The van der Waals surface area contributed by atoms with Gasteiger partial charge in [-0.2, -0.15) is 13.2 Å². The Bertz CT molecular complexity index is 446. The van der Waals surface area contributed by atoms with Crippen molar-refractivity contribution in [1.29, 1.82) is 0 Å². The standard InChI is InChI=1S/C17H29F3N4/c1-21-16(22-13-7-8-24(10-13)11-17(18,19)20)23-15-9-14(15)12-5-3-2-4-6-12/h12-15H,2-11H2,1H3,(H2,21,22,23). The molecule has 0 aromatic heterocycles. The molecule has 0 aromatic rings. The minimum absolute atomic E-state index is 0.0467. The molecule has 2 N–H and O–H groups in total. The first-order chi connectivity index (χ1) is 11.4. The fourth-order valence-electron chi connectivity index (χ4n) is 4.35. The van der Waals surface area contributed by atoms with Crippen molar-refractivity contribution in [2.75, 3.05) is 26.7 Å². The van der Waals surface area contributed by atoms with Crippen LogP contribution in [0, 0.1) is 11.8 Å². The Morgan fingerprint density at radius 3 is 2.54 bits per heavy atom. The van der Waals surface area contributed by atoms with Crippen molar-refractivity contribution in [1.82, 2.24) is 15.5 Å². The lowest BCUT2D eigenvalue weighted by Gasteiger charge is -2.23. The first-order valence-corrected chi connectivity index (χ1v) is 9.23. The predicted octanol–water partition coefficient (Wildman–Crippen LogP) is 2.76. The summed E-state index contributed by atoms with van der Waals surface area (Å²) in [5.41, 5.74) is 0. The fraction of sp³-hybridized carbons (Fsp3) is 0.941. The lowest BCUT2D eigenvalue weighted by atomic mass is 9.85. The van der Waals surface area contributed by atoms with Crippen LogP contribution >= 0.6 is 0 Å². The number of halogens is 3. The van der Waals surface area contributed by atoms with Gasteiger partial charge in [0.15, 0.2) is 5.96 Å². The molecule has 0 amide bonds. The van der Waals surface area contributed by atoms with Gasteiger partial charge in [-0.25, -0.2) is 0 Å². The van der Waals surface area contributed by atoms with Crippen LogP contribution in [0.5, 0.6) is 0 Å². The van der Waals surface area contributed by atoms with E-state index in [-0.39, 0.29) is 6.04 Å². The van der Waals surface area contributed by atoms with Crippen LogP contribution in [0.4, 0.5) is 13.2 Å². The van der Waals surface area contributed by atoms with E-state index in [1.165, 1.54) is 43.4 Å². The van der Waals surface area contributed by atoms with Crippen LogP contribution in [0.15, 0.2) is 4.99 Å². The Hall–Kier alpha value is -0.980. The lowest BCUT2D eigenvalue weighted by molar-refractivity contribution is -0.143. The highest BCUT2D eigenvalue weighted by Gasteiger charge is 2.43. The SMILES string of the molecule is CN=C(NC1CCN(CC(F)(F)F)C1)NC1CC1C1CCCCC1. The van der Waals surface area contributed by atoms with Crippen LogP contribution in [0.3, 0.4) is 0 Å². The van der Waals surface area contributed by atoms with E-state index in [1.807, 2.05) is 0 Å². The van der Waals surface area contributed by atoms with Crippen LogP contribution in [0.1, 0.15) is 44.9 Å². The second kappa shape index (κ2) is 7.50. The minimum Gasteiger partial charge on any atom is -0.353 e. The van der Waals surface area contributed by atoms with Gasteiger partial charge in [0.1, 0.15) is 0 Å². The van der Waals surface area contributed by atoms with Gasteiger partial charge in [0.25, 0.3) is 0 Å². The van der Waals surface area contributed by atoms with Crippen molar-refractivity contribution >= 4 is 5.96 Å². The molecule has 7 heteroatoms. The van der Waals surface area contributed by atoms with Gasteiger partial charge >= 0.3 is 6.18 Å². The monoisotopic (exact) mass is 346 g/mol. The number of likely N-dealkylation sites (tertiary alicyclic amines) is 1. The van der Waals surface area contributed by atoms with Gasteiger partial charge in [0, 0.05) is 32.2 Å². The number of hydrogen-bond donors (Lipinski definition) is 2. The smallest absolute Gasteiger partial charge is 0.353 e. The molecular weight excluding hydrogens is 317 g/mol. The van der Waals surface area contributed by atoms with Crippen molar-refractivity contribution in [2.24, 2.45) is 16.8 Å². The maximum atomic E-state index is 12.5. The van der Waals surface area contributed by atoms with Gasteiger partial charge in [-0.1, -0.05) is 32.1 Å². The highest BCUT2D eigenvalue weighted by Crippen LogP contribution is 2.44. The molecule has 1 saturated heterocycles. The van der Waals surface area contributed by atoms with Gasteiger partial charge in [-0.05, 0) is 24.7 Å². The van der Waals surface area contributed by atoms with E-state index in [9.17, 15) is 13.2 Å². The quantitative estimate of drug-likeness (QED) is 0.607. The topological polar surface area (TPSA) is 39.7 Å². The molecule has 3 rings (SSSR count). The van der Waals surface area contributed by atoms with Crippen LogP contribution in [-0.2, 0) is 0 Å². The van der Waals surface area contributed by atoms with E-state index >= 15 is 0 Å². The fourth-order valence-corrected chi connectivity index (χ4v) is 4.35. The number of alkyl halides is 3. The third-order valence-electron chi connectivity index (χ3n) is 5.66. The molecule has 2 aliphatic carbocycles. The predicted molar refractivity (Wildman–Crippen MR) is 89.0 cm³/mol. The number of hydrogen-bond acceptors (Lipinski definition) is 2. The highest BCUT2D eigenvalue weighted by molar-refractivity contribution is 5.80. The Kier molecular flexibility index (Phi) is 5.57. The molecule has 3 unspecified atom stereocenters. The number of rotatable bonds is 4. The number of aliphatic imine (C=N–C) groups is 1. The van der Waals surface area contributed by atoms with Crippen molar-refractivity contribution in [3.05, 3.63) is 0 Å². The third-order valence-corrected chi connectivity index (χ3v) is 5.66. The Labute approximate surface area is 142 Å². The molecule has 1 heterocycles. The van der Waals surface area contributed by atoms with Crippen molar-refractivity contribution < 1.29 is 13.2 Å². The summed E-state index contributed by atoms with van der Waals surface area (Å²) in [6, 6.07) is 0.539. The molecule has 3 fully saturated rings. The molecule has 138 valence electrons. The summed E-state index contributed by atoms with van der Waals surface area (Å²) < 4.78 is 37.4. The van der Waals surface area contributed by atoms with Crippen LogP contribution in [0.25, 0.3) is 0 Å². The molecule has 4 nitrogen and oxygen atoms in total. The van der Waals surface area contributed by atoms with Crippen LogP contribution in [0.2, 0.25) is 0 Å². The molecule has 2 saturated carbocycles. The summed E-state index contributed by atoms with van der Waals surface area (Å²) in [6.45, 7) is 0.100. The summed E-state index contributed by atoms with van der Waals surface area (Å²) >= 11 is 0. The molecule has 0 spiro atoms. The minimum atomic E-state index is -4.12. The molecule has 24 heavy (non-hydrogen) atoms. The van der Waals surface area contributed by atoms with E-state index in [4.69, 9.17) is 0 Å². The average molecular weight is 346 g/mol. The second-order valence-electron chi connectivity index (χ2n) is 7.60. The van der Waals surface area contributed by atoms with Crippen molar-refractivity contribution in [3.63, 3.8) is 0 Å². The number of nitrogens with zero attached hydrogens (tertiary/aromatic N) is 2. The Morgan fingerprint density at radius 2 is 1.88 bits per heavy atom. The number of guanidine groups is 1. The van der Waals surface area contributed by atoms with Gasteiger partial charge in [0.2, 0.25) is 0 Å². The van der Waals surface area contributed by atoms with Gasteiger partial charge < -0.3 is 10.6 Å². The van der Waals surface area contributed by atoms with E-state index in [1.54, 1.807) is 7.05 Å². The summed E-state index contributed by atoms with van der Waals surface area (Å²) in [5, 5.41) is 6.78. The van der Waals surface area contributed by atoms with E-state index in [0.29, 0.717) is 19.1 Å². The summed E-state index contributed by atoms with van der Waals surface area (Å²) in [7, 11) is 1.73. The van der Waals surface area contributed by atoms with Gasteiger partial charge in [-0.3, -0.25) is 9.89 Å². The van der Waals surface area contributed by atoms with Crippen LogP contribution in [-0.4, -0.2) is 55.8 Å². The second-order valence-corrected chi connectivity index (χ2v) is 7.60. The molecule has 0 bridgehead atoms. The zero-order valence-corrected chi connectivity index (χ0v) is 14.4. The molecular formula is C17H29F3N4. The largest absolute Gasteiger partial charge is 0.401 e. The van der Waals surface area contributed by atoms with Crippen molar-refractivity contribution in [3.8, 4) is 0 Å². The first-order valence-electron chi connectivity index (χ1n) is 9.23. The van der Waals surface area contributed by atoms with Crippen molar-refractivity contribution in [2.45, 2.75) is 63.2 Å². The van der Waals surface area contributed by atoms with Crippen LogP contribution < -0.4 is 10.6 Å². The summed E-state index contributed by atoms with van der Waals surface area (Å²) in [5.74, 6) is 2.36. The maximum Gasteiger partial charge on any atom is 0.401 e. The number of nitrogens with one attached hydrogen (secondary N) is 2. The van der Waals surface area contributed by atoms with E-state index in [0.717, 1.165) is 24.2 Å². The summed E-state index contributed by atoms with van der Waals surface area (Å²) in [4.78, 5) is 5.73. The van der Waals surface area contributed by atoms with Gasteiger partial charge in [-0.15, -0.1) is 0 Å². The lowest BCUT2D eigenvalue weighted by Crippen LogP contribution is -2.46. The normalized spacial score (nSPS) is 32.8. The van der Waals surface area contributed by atoms with E-state index < -0.39 is 12.7 Å². The Balaban J connectivity index is 1.40. The zero-order chi connectivity index (χ0) is 17.2. The zero-order valence-electron chi connectivity index (χ0n) is 14.4. The van der Waals surface area contributed by atoms with E-state index in [2.05, 4.69) is 15.6 Å². The first kappa shape index (κ1) is 17.8. The maximum absolute atomic E-state index is 12.5.